The lowest BCUT2D eigenvalue weighted by molar-refractivity contribution is 0.346. The van der Waals surface area contributed by atoms with Gasteiger partial charge in [-0.05, 0) is 24.3 Å². The summed E-state index contributed by atoms with van der Waals surface area (Å²) in [7, 11) is -5.73. The summed E-state index contributed by atoms with van der Waals surface area (Å²) in [6, 6.07) is 13.0. The maximum Gasteiger partial charge on any atom is 0.266 e. The number of ether oxygens (including phenoxy) is 2. The molecule has 2 rings (SSSR count). The predicted molar refractivity (Wildman–Crippen MR) is 97.2 cm³/mol. The van der Waals surface area contributed by atoms with Crippen LogP contribution in [0.25, 0.3) is 0 Å². The second-order valence-electron chi connectivity index (χ2n) is 5.10. The van der Waals surface area contributed by atoms with Crippen LogP contribution in [-0.2, 0) is 19.9 Å². The van der Waals surface area contributed by atoms with Crippen LogP contribution in [0.1, 0.15) is 0 Å². The fourth-order valence-corrected chi connectivity index (χ4v) is 4.53. The lowest BCUT2D eigenvalue weighted by Gasteiger charge is -2.13. The Morgan fingerprint density at radius 3 is 2.22 bits per heavy atom. The van der Waals surface area contributed by atoms with Crippen LogP contribution < -0.4 is 14.2 Å². The van der Waals surface area contributed by atoms with Crippen LogP contribution in [-0.4, -0.2) is 31.1 Å². The number of sulfonamides is 1. The average Bonchev–Trinajstić information content (AvgIpc) is 2.66. The quantitative estimate of drug-likeness (QED) is 0.693. The number of nitriles is 1. The Balaban J connectivity index is 2.46. The smallest absolute Gasteiger partial charge is 0.266 e. The molecule has 0 aliphatic rings. The van der Waals surface area contributed by atoms with Crippen LogP contribution in [0.15, 0.2) is 69.4 Å². The summed E-state index contributed by atoms with van der Waals surface area (Å²) in [5.74, 6) is 0.0930. The molecule has 2 aromatic rings. The van der Waals surface area contributed by atoms with Gasteiger partial charge in [-0.15, -0.1) is 0 Å². The number of para-hydroxylation sites is 1. The summed E-state index contributed by atoms with van der Waals surface area (Å²) < 4.78 is 62.0. The highest BCUT2D eigenvalue weighted by molar-refractivity contribution is 7.94. The molecule has 0 amide bonds. The van der Waals surface area contributed by atoms with Crippen LogP contribution in [0.3, 0.4) is 0 Å². The maximum atomic E-state index is 12.6. The van der Waals surface area contributed by atoms with Crippen molar-refractivity contribution in [3.8, 4) is 17.6 Å². The molecule has 27 heavy (non-hydrogen) atoms. The van der Waals surface area contributed by atoms with Gasteiger partial charge >= 0.3 is 0 Å². The normalized spacial score (nSPS) is 12.1. The van der Waals surface area contributed by atoms with Crippen molar-refractivity contribution in [2.45, 2.75) is 9.79 Å². The highest BCUT2D eigenvalue weighted by Gasteiger charge is 2.24. The fourth-order valence-electron chi connectivity index (χ4n) is 2.18. The van der Waals surface area contributed by atoms with Crippen LogP contribution in [0.2, 0.25) is 0 Å². The van der Waals surface area contributed by atoms with Crippen LogP contribution in [0, 0.1) is 11.3 Å². The van der Waals surface area contributed by atoms with Crippen molar-refractivity contribution in [2.24, 2.45) is 0 Å². The number of nitrogens with one attached hydrogen (secondary N) is 1. The minimum Gasteiger partial charge on any atom is -0.493 e. The number of methoxy groups -OCH3 is 2. The first-order valence-corrected chi connectivity index (χ1v) is 10.4. The third-order valence-corrected chi connectivity index (χ3v) is 6.23. The Morgan fingerprint density at radius 1 is 1.00 bits per heavy atom. The van der Waals surface area contributed by atoms with Gasteiger partial charge in [0.1, 0.15) is 16.7 Å². The molecular weight excluding hydrogens is 392 g/mol. The molecule has 0 spiro atoms. The van der Waals surface area contributed by atoms with E-state index in [1.54, 1.807) is 6.07 Å². The molecule has 0 unspecified atom stereocenters. The van der Waals surface area contributed by atoms with Gasteiger partial charge in [0.15, 0.2) is 11.5 Å². The number of hydrogen-bond donors (Lipinski definition) is 1. The lowest BCUT2D eigenvalue weighted by atomic mass is 10.3. The van der Waals surface area contributed by atoms with Gasteiger partial charge in [-0.3, -0.25) is 4.72 Å². The van der Waals surface area contributed by atoms with E-state index in [4.69, 9.17) is 9.47 Å². The summed E-state index contributed by atoms with van der Waals surface area (Å²) in [5, 5.41) is 9.77. The largest absolute Gasteiger partial charge is 0.493 e. The molecule has 0 bridgehead atoms. The predicted octanol–water partition coefficient (Wildman–Crippen LogP) is 1.82. The number of hydrogen-bond acceptors (Lipinski definition) is 7. The Kier molecular flexibility index (Phi) is 6.09. The Bertz CT molecular complexity index is 1100. The van der Waals surface area contributed by atoms with E-state index >= 15 is 0 Å². The topological polar surface area (TPSA) is 123 Å². The number of sulfone groups is 1. The van der Waals surface area contributed by atoms with E-state index < -0.39 is 25.6 Å². The highest BCUT2D eigenvalue weighted by Crippen LogP contribution is 2.33. The highest BCUT2D eigenvalue weighted by atomic mass is 32.2. The zero-order chi connectivity index (χ0) is 20.1. The summed E-state index contributed by atoms with van der Waals surface area (Å²) in [6.45, 7) is 0. The molecule has 0 fully saturated rings. The second kappa shape index (κ2) is 8.11. The second-order valence-corrected chi connectivity index (χ2v) is 8.55. The van der Waals surface area contributed by atoms with Crippen molar-refractivity contribution < 1.29 is 26.3 Å². The SMILES string of the molecule is COc1cccc(S(=O)(=O)NC(C#N)=CS(=O)(=O)c2ccccc2)c1OC. The van der Waals surface area contributed by atoms with Crippen molar-refractivity contribution in [3.63, 3.8) is 0 Å². The van der Waals surface area contributed by atoms with Crippen LogP contribution in [0.5, 0.6) is 11.5 Å². The van der Waals surface area contributed by atoms with Gasteiger partial charge in [-0.1, -0.05) is 24.3 Å². The minimum absolute atomic E-state index is 0.0732. The zero-order valence-corrected chi connectivity index (χ0v) is 16.0. The third-order valence-electron chi connectivity index (χ3n) is 3.37. The number of benzene rings is 2. The van der Waals surface area contributed by atoms with E-state index in [0.29, 0.717) is 5.41 Å². The number of allylic oxidation sites excluding steroid dienone is 1. The van der Waals surface area contributed by atoms with Crippen molar-refractivity contribution in [1.29, 1.82) is 5.26 Å². The van der Waals surface area contributed by atoms with E-state index in [1.165, 1.54) is 62.8 Å². The number of nitrogens with zero attached hydrogens (tertiary/aromatic N) is 1. The van der Waals surface area contributed by atoms with E-state index in [9.17, 15) is 22.1 Å². The molecule has 142 valence electrons. The van der Waals surface area contributed by atoms with Gasteiger partial charge in [0.2, 0.25) is 9.84 Å². The van der Waals surface area contributed by atoms with Crippen molar-refractivity contribution in [1.82, 2.24) is 4.72 Å². The minimum atomic E-state index is -4.31. The first-order chi connectivity index (χ1) is 12.7. The summed E-state index contributed by atoms with van der Waals surface area (Å²) >= 11 is 0. The van der Waals surface area contributed by atoms with Gasteiger partial charge in [0.05, 0.1) is 24.5 Å². The van der Waals surface area contributed by atoms with Gasteiger partial charge in [0, 0.05) is 0 Å². The van der Waals surface area contributed by atoms with Crippen molar-refractivity contribution >= 4 is 19.9 Å². The van der Waals surface area contributed by atoms with E-state index in [0.717, 1.165) is 0 Å². The van der Waals surface area contributed by atoms with Gasteiger partial charge < -0.3 is 9.47 Å². The Labute approximate surface area is 157 Å². The van der Waals surface area contributed by atoms with Crippen LogP contribution in [0.4, 0.5) is 0 Å². The molecule has 2 aromatic carbocycles. The summed E-state index contributed by atoms with van der Waals surface area (Å²) in [4.78, 5) is -0.376. The monoisotopic (exact) mass is 408 g/mol. The van der Waals surface area contributed by atoms with E-state index in [1.807, 2.05) is 4.72 Å². The lowest BCUT2D eigenvalue weighted by Crippen LogP contribution is -2.24. The Morgan fingerprint density at radius 2 is 1.67 bits per heavy atom. The van der Waals surface area contributed by atoms with Crippen molar-refractivity contribution in [2.75, 3.05) is 14.2 Å². The Hall–Kier alpha value is -3.03. The van der Waals surface area contributed by atoms with Crippen LogP contribution >= 0.6 is 0 Å². The average molecular weight is 408 g/mol. The summed E-state index contributed by atoms with van der Waals surface area (Å²) in [6.07, 6.45) is 0. The fraction of sp³-hybridized carbons (Fsp3) is 0.118. The molecular formula is C17H16N2O6S2. The van der Waals surface area contributed by atoms with Crippen molar-refractivity contribution in [3.05, 3.63) is 59.6 Å². The maximum absolute atomic E-state index is 12.6. The molecule has 0 aromatic heterocycles. The molecule has 0 atom stereocenters. The standard InChI is InChI=1S/C17H16N2O6S2/c1-24-15-9-6-10-16(17(15)25-2)27(22,23)19-13(11-18)12-26(20,21)14-7-4-3-5-8-14/h3-10,12,19H,1-2H3. The number of rotatable bonds is 7. The third kappa shape index (κ3) is 4.58. The van der Waals surface area contributed by atoms with Gasteiger partial charge in [-0.2, -0.15) is 5.26 Å². The van der Waals surface area contributed by atoms with E-state index in [2.05, 4.69) is 0 Å². The molecule has 1 N–H and O–H groups in total. The molecule has 0 aliphatic heterocycles. The molecule has 0 saturated carbocycles. The van der Waals surface area contributed by atoms with Gasteiger partial charge in [-0.25, -0.2) is 16.8 Å². The first-order valence-electron chi connectivity index (χ1n) is 7.41. The molecule has 0 aliphatic carbocycles. The molecule has 0 heterocycles. The first kappa shape index (κ1) is 20.3. The molecule has 0 saturated heterocycles. The zero-order valence-electron chi connectivity index (χ0n) is 14.4. The van der Waals surface area contributed by atoms with Gasteiger partial charge in [0.25, 0.3) is 10.0 Å². The molecule has 10 heteroatoms. The molecule has 0 radical (unpaired) electrons. The van der Waals surface area contributed by atoms with E-state index in [-0.39, 0.29) is 21.3 Å². The molecule has 8 nitrogen and oxygen atoms in total. The summed E-state index contributed by atoms with van der Waals surface area (Å²) in [5.41, 5.74) is -0.663.